The monoisotopic (exact) mass is 732 g/mol. The summed E-state index contributed by atoms with van der Waals surface area (Å²) in [5, 5.41) is 0. The Morgan fingerprint density at radius 2 is 0.966 bits per heavy atom. The summed E-state index contributed by atoms with van der Waals surface area (Å²) in [6.07, 6.45) is 0. The van der Waals surface area contributed by atoms with Crippen molar-refractivity contribution in [2.45, 2.75) is 6.92 Å². The average molecular weight is 732 g/mol. The van der Waals surface area contributed by atoms with E-state index >= 15 is 0 Å². The number of nitrogens with zero attached hydrogens (tertiary/aromatic N) is 3. The molecule has 1 atom stereocenters. The molecule has 0 aromatic carbocycles. The Morgan fingerprint density at radius 1 is 0.690 bits per heavy atom. The van der Waals surface area contributed by atoms with Crippen LogP contribution in [0.2, 0.25) is 0 Å². The molecule has 20 heteroatoms. The second kappa shape index (κ2) is 40.9. The van der Waals surface area contributed by atoms with E-state index in [4.69, 9.17) is 0 Å². The SMILES string of the molecule is CCN(C)[PH+](F)F.CN(PF)[PH+](F)F.CN([PH+](F)F)[PH+](F)F.[CH3-].[CH3-].[CH3-].[CH3-].[F][Rh+2].[Rh+2]. The van der Waals surface area contributed by atoms with Gasteiger partial charge in [0.2, 0.25) is 0 Å². The van der Waals surface area contributed by atoms with Crippen molar-refractivity contribution in [2.75, 3.05) is 27.7 Å². The molecule has 0 aromatic heterocycles. The Kier molecular flexibility index (Phi) is 81.7. The van der Waals surface area contributed by atoms with Crippen molar-refractivity contribution in [3.8, 4) is 0 Å². The fraction of sp³-hybridized carbons (Fsp3) is 0.556. The van der Waals surface area contributed by atoms with Crippen LogP contribution in [0.3, 0.4) is 0 Å². The summed E-state index contributed by atoms with van der Waals surface area (Å²) in [6, 6.07) is 0. The molecule has 0 aromatic rings. The molecular formula is C9H31F10N3P5Rh2+4. The van der Waals surface area contributed by atoms with E-state index in [1.54, 1.807) is 6.92 Å². The first-order valence-corrected chi connectivity index (χ1v) is 11.6. The molecule has 0 aliphatic heterocycles. The molecule has 0 heterocycles. The maximum absolute atomic E-state index is 11.5. The van der Waals surface area contributed by atoms with Gasteiger partial charge in [-0.2, -0.15) is 0 Å². The van der Waals surface area contributed by atoms with Crippen LogP contribution in [-0.2, 0) is 38.3 Å². The molecule has 191 valence electrons. The van der Waals surface area contributed by atoms with Crippen molar-refractivity contribution >= 4 is 43.8 Å². The van der Waals surface area contributed by atoms with Crippen LogP contribution in [0, 0.1) is 29.7 Å². The van der Waals surface area contributed by atoms with Crippen LogP contribution in [0.5, 0.6) is 0 Å². The van der Waals surface area contributed by atoms with E-state index in [0.717, 1.165) is 37.6 Å². The summed E-state index contributed by atoms with van der Waals surface area (Å²) in [5.74, 6) is 0. The van der Waals surface area contributed by atoms with Gasteiger partial charge in [-0.05, 0) is 40.5 Å². The number of halogens is 10. The van der Waals surface area contributed by atoms with Crippen molar-refractivity contribution < 1.29 is 79.4 Å². The van der Waals surface area contributed by atoms with Crippen molar-refractivity contribution in [3.05, 3.63) is 29.7 Å². The second-order valence-electron chi connectivity index (χ2n) is 3.18. The zero-order chi connectivity index (χ0) is 20.5. The molecule has 0 bridgehead atoms. The van der Waals surface area contributed by atoms with Crippen molar-refractivity contribution in [2.24, 2.45) is 0 Å². The van der Waals surface area contributed by atoms with Crippen molar-refractivity contribution in [1.29, 1.82) is 0 Å². The van der Waals surface area contributed by atoms with Gasteiger partial charge in [0.15, 0.2) is 9.04 Å². The molecule has 1 unspecified atom stereocenters. The first-order valence-electron chi connectivity index (χ1n) is 5.31. The molecule has 0 N–H and O–H groups in total. The van der Waals surface area contributed by atoms with E-state index < -0.39 is 43.8 Å². The molecule has 1 radical (unpaired) electrons. The summed E-state index contributed by atoms with van der Waals surface area (Å²) in [4.78, 5) is 0. The van der Waals surface area contributed by atoms with Crippen molar-refractivity contribution in [3.63, 3.8) is 0 Å². The largest absolute Gasteiger partial charge is 2.00 e. The minimum Gasteiger partial charge on any atom is 2.00 e. The van der Waals surface area contributed by atoms with Crippen LogP contribution in [0.25, 0.3) is 0 Å². The van der Waals surface area contributed by atoms with E-state index in [-0.39, 0.29) is 53.6 Å². The summed E-state index contributed by atoms with van der Waals surface area (Å²) in [6.45, 7) is 2.16. The molecule has 0 saturated heterocycles. The average Bonchev–Trinajstić information content (AvgIpc) is 2.54. The van der Waals surface area contributed by atoms with Gasteiger partial charge < -0.3 is 29.7 Å². The van der Waals surface area contributed by atoms with Gasteiger partial charge in [-0.3, -0.25) is 0 Å². The van der Waals surface area contributed by atoms with Gasteiger partial charge in [-0.25, -0.2) is 4.20 Å². The quantitative estimate of drug-likeness (QED) is 0.117. The predicted octanol–water partition coefficient (Wildman–Crippen LogP) is 9.06. The Labute approximate surface area is 200 Å². The third-order valence-electron chi connectivity index (χ3n) is 1.65. The number of hydrogen-bond acceptors (Lipinski definition) is 3. The molecule has 0 fully saturated rings. The Morgan fingerprint density at radius 3 is 0.966 bits per heavy atom. The summed E-state index contributed by atoms with van der Waals surface area (Å²) in [5.41, 5.74) is 0. The van der Waals surface area contributed by atoms with Gasteiger partial charge in [0.05, 0.1) is 11.5 Å². The van der Waals surface area contributed by atoms with Crippen LogP contribution in [-0.4, -0.2) is 41.2 Å². The topological polar surface area (TPSA) is 9.72 Å². The van der Waals surface area contributed by atoms with E-state index in [1.165, 1.54) is 7.05 Å². The van der Waals surface area contributed by atoms with Gasteiger partial charge >= 0.3 is 76.4 Å². The Balaban J connectivity index is -0.0000000262. The minimum absolute atomic E-state index is 0. The van der Waals surface area contributed by atoms with E-state index in [2.05, 4.69) is 0 Å². The smallest absolute Gasteiger partial charge is 2.00 e. The van der Waals surface area contributed by atoms with Crippen molar-refractivity contribution in [1.82, 2.24) is 13.6 Å². The standard InChI is InChI=1S/C3H8F2NP.CH3F4NP2.CH4F3NP2.4CH3.FH.2Rh/c1-3-6(2)7(4)5;1-6(7(2)3)8(4)5;1-5(6-2)7(3)4;;;;;;;/h3H2,1-2H3;1H3;6H,1H3;4*1H3;1H;;/q;;;4*-1;;+2;+3/p+3. The first-order chi connectivity index (χ1) is 10.9. The third kappa shape index (κ3) is 49.0. The molecule has 0 saturated carbocycles. The third-order valence-corrected chi connectivity index (χ3v) is 6.09. The first kappa shape index (κ1) is 57.9. The van der Waals surface area contributed by atoms with Crippen LogP contribution in [0.15, 0.2) is 0 Å². The zero-order valence-electron chi connectivity index (χ0n) is 17.0. The maximum atomic E-state index is 11.5. The molecule has 3 nitrogen and oxygen atoms in total. The molecule has 29 heavy (non-hydrogen) atoms. The second-order valence-corrected chi connectivity index (χ2v) is 9.61. The number of hydrogen-bond donors (Lipinski definition) is 0. The van der Waals surface area contributed by atoms with Gasteiger partial charge in [-0.1, -0.05) is 4.44 Å². The fourth-order valence-electron chi connectivity index (χ4n) is 0.215. The van der Waals surface area contributed by atoms with Crippen LogP contribution >= 0.6 is 43.8 Å². The fourth-order valence-corrected chi connectivity index (χ4v) is 1.22. The maximum Gasteiger partial charge on any atom is 2.00 e. The van der Waals surface area contributed by atoms with Crippen LogP contribution in [0.4, 0.5) is 41.1 Å². The molecular weight excluding hydrogens is 701 g/mol. The Bertz CT molecular complexity index is 239. The van der Waals surface area contributed by atoms with Crippen LogP contribution in [0.1, 0.15) is 6.92 Å². The number of rotatable bonds is 6. The molecule has 0 rings (SSSR count). The summed E-state index contributed by atoms with van der Waals surface area (Å²) in [7, 11) is -12.4. The molecule has 0 aliphatic rings. The normalized spacial score (nSPS) is 9.31. The molecule has 0 aliphatic carbocycles. The van der Waals surface area contributed by atoms with E-state index in [9.17, 15) is 41.1 Å². The van der Waals surface area contributed by atoms with Gasteiger partial charge in [0.1, 0.15) is 0 Å². The minimum atomic E-state index is -3.88. The zero-order valence-corrected chi connectivity index (χ0v) is 25.3. The van der Waals surface area contributed by atoms with Gasteiger partial charge in [-0.15, -0.1) is 4.67 Å². The predicted molar refractivity (Wildman–Crippen MR) is 112 cm³/mol. The molecule has 0 spiro atoms. The van der Waals surface area contributed by atoms with E-state index in [1.807, 2.05) is 0 Å². The van der Waals surface area contributed by atoms with E-state index in [0.29, 0.717) is 11.0 Å². The molecule has 0 amide bonds. The van der Waals surface area contributed by atoms with Gasteiger partial charge in [0.25, 0.3) is 0 Å². The Hall–Kier alpha value is 2.58. The van der Waals surface area contributed by atoms with Crippen LogP contribution < -0.4 is 0 Å². The summed E-state index contributed by atoms with van der Waals surface area (Å²) < 4.78 is 112. The summed E-state index contributed by atoms with van der Waals surface area (Å²) >= 11 is 1.05. The van der Waals surface area contributed by atoms with Gasteiger partial charge in [0, 0.05) is 20.6 Å².